The number of nitrogens with one attached hydrogen (secondary N) is 2. The molecule has 0 heterocycles. The highest BCUT2D eigenvalue weighted by Gasteiger charge is 2.03. The van der Waals surface area contributed by atoms with Gasteiger partial charge in [0.25, 0.3) is 0 Å². The topological polar surface area (TPSA) is 76.7 Å². The fourth-order valence-corrected chi connectivity index (χ4v) is 1.42. The molecule has 0 aliphatic carbocycles. The summed E-state index contributed by atoms with van der Waals surface area (Å²) in [6.07, 6.45) is 1.04. The van der Waals surface area contributed by atoms with Crippen LogP contribution in [0.2, 0.25) is 0 Å². The van der Waals surface area contributed by atoms with Crippen LogP contribution in [0.5, 0.6) is 0 Å². The fraction of sp³-hybridized carbons (Fsp3) is 0.857. The number of amides is 2. The Morgan fingerprint density at radius 2 is 1.45 bits per heavy atom. The largest absolute Gasteiger partial charge is 0.377 e. The molecular formula is C14H32N2O4. The first kappa shape index (κ1) is 18.9. The SMILES string of the molecule is CCC(=O)NCCOCCOCCNC(=O)CC(C)C.[HH].[HH]. The number of hydrogen-bond acceptors (Lipinski definition) is 4. The molecule has 6 heteroatoms. The van der Waals surface area contributed by atoms with Crippen LogP contribution in [-0.2, 0) is 19.1 Å². The maximum atomic E-state index is 11.3. The average molecular weight is 292 g/mol. The second-order valence-corrected chi connectivity index (χ2v) is 4.88. The van der Waals surface area contributed by atoms with E-state index < -0.39 is 0 Å². The van der Waals surface area contributed by atoms with Crippen LogP contribution in [0.25, 0.3) is 0 Å². The zero-order valence-electron chi connectivity index (χ0n) is 12.9. The zero-order valence-corrected chi connectivity index (χ0v) is 12.9. The van der Waals surface area contributed by atoms with Gasteiger partial charge in [-0.1, -0.05) is 20.8 Å². The van der Waals surface area contributed by atoms with Crippen molar-refractivity contribution < 1.29 is 21.9 Å². The lowest BCUT2D eigenvalue weighted by molar-refractivity contribution is -0.122. The molecule has 20 heavy (non-hydrogen) atoms. The highest BCUT2D eigenvalue weighted by molar-refractivity contribution is 5.76. The summed E-state index contributed by atoms with van der Waals surface area (Å²) in [5.41, 5.74) is 0. The molecule has 122 valence electrons. The minimum atomic E-state index is 0. The van der Waals surface area contributed by atoms with Crippen molar-refractivity contribution in [1.29, 1.82) is 0 Å². The molecule has 0 bridgehead atoms. The van der Waals surface area contributed by atoms with Crippen molar-refractivity contribution in [2.75, 3.05) is 39.5 Å². The minimum Gasteiger partial charge on any atom is -0.377 e. The van der Waals surface area contributed by atoms with E-state index in [4.69, 9.17) is 9.47 Å². The predicted molar refractivity (Wildman–Crippen MR) is 81.6 cm³/mol. The Balaban J connectivity index is -0.00000180. The molecule has 0 aromatic rings. The molecule has 0 fully saturated rings. The van der Waals surface area contributed by atoms with Crippen molar-refractivity contribution >= 4 is 11.8 Å². The molecule has 0 saturated heterocycles. The van der Waals surface area contributed by atoms with E-state index in [0.29, 0.717) is 58.3 Å². The van der Waals surface area contributed by atoms with E-state index in [-0.39, 0.29) is 14.7 Å². The Hall–Kier alpha value is -1.14. The number of ether oxygens (including phenoxy) is 2. The molecule has 0 rings (SSSR count). The first-order valence-corrected chi connectivity index (χ1v) is 7.25. The Morgan fingerprint density at radius 3 is 1.90 bits per heavy atom. The van der Waals surface area contributed by atoms with Gasteiger partial charge in [-0.3, -0.25) is 9.59 Å². The van der Waals surface area contributed by atoms with Gasteiger partial charge < -0.3 is 20.1 Å². The molecule has 0 radical (unpaired) electrons. The van der Waals surface area contributed by atoms with Crippen LogP contribution in [0.1, 0.15) is 36.5 Å². The lowest BCUT2D eigenvalue weighted by Gasteiger charge is -2.08. The first-order valence-electron chi connectivity index (χ1n) is 7.25. The Bertz CT molecular complexity index is 280. The monoisotopic (exact) mass is 292 g/mol. The minimum absolute atomic E-state index is 0. The Kier molecular flexibility index (Phi) is 12.1. The van der Waals surface area contributed by atoms with Crippen molar-refractivity contribution in [1.82, 2.24) is 10.6 Å². The van der Waals surface area contributed by atoms with E-state index in [9.17, 15) is 9.59 Å². The van der Waals surface area contributed by atoms with Gasteiger partial charge in [-0.15, -0.1) is 0 Å². The van der Waals surface area contributed by atoms with Crippen LogP contribution in [-0.4, -0.2) is 51.3 Å². The molecule has 0 aliphatic heterocycles. The van der Waals surface area contributed by atoms with E-state index in [2.05, 4.69) is 10.6 Å². The normalized spacial score (nSPS) is 10.6. The van der Waals surface area contributed by atoms with E-state index in [0.717, 1.165) is 0 Å². The van der Waals surface area contributed by atoms with Gasteiger partial charge >= 0.3 is 0 Å². The first-order chi connectivity index (χ1) is 9.56. The molecule has 0 spiro atoms. The van der Waals surface area contributed by atoms with E-state index in [1.54, 1.807) is 0 Å². The molecule has 0 unspecified atom stereocenters. The second kappa shape index (κ2) is 12.9. The number of rotatable bonds is 12. The van der Waals surface area contributed by atoms with E-state index >= 15 is 0 Å². The maximum Gasteiger partial charge on any atom is 0.220 e. The average Bonchev–Trinajstić information content (AvgIpc) is 2.39. The molecule has 2 amide bonds. The summed E-state index contributed by atoms with van der Waals surface area (Å²) in [4.78, 5) is 22.2. The van der Waals surface area contributed by atoms with Gasteiger partial charge in [-0.05, 0) is 5.92 Å². The van der Waals surface area contributed by atoms with Crippen LogP contribution in [0.4, 0.5) is 0 Å². The summed E-state index contributed by atoms with van der Waals surface area (Å²) in [5.74, 6) is 0.464. The summed E-state index contributed by atoms with van der Waals surface area (Å²) in [6, 6.07) is 0. The second-order valence-electron chi connectivity index (χ2n) is 4.88. The number of carbonyl (C=O) groups is 2. The summed E-state index contributed by atoms with van der Waals surface area (Å²) < 4.78 is 10.6. The van der Waals surface area contributed by atoms with Crippen molar-refractivity contribution in [3.8, 4) is 0 Å². The van der Waals surface area contributed by atoms with Crippen LogP contribution in [0.15, 0.2) is 0 Å². The molecule has 0 atom stereocenters. The third-order valence-corrected chi connectivity index (χ3v) is 2.42. The predicted octanol–water partition coefficient (Wildman–Crippen LogP) is 1.20. The summed E-state index contributed by atoms with van der Waals surface area (Å²) in [6.45, 7) is 8.83. The zero-order chi connectivity index (χ0) is 15.2. The van der Waals surface area contributed by atoms with Gasteiger partial charge in [0.1, 0.15) is 0 Å². The van der Waals surface area contributed by atoms with Gasteiger partial charge in [0.2, 0.25) is 11.8 Å². The highest BCUT2D eigenvalue weighted by atomic mass is 16.5. The molecule has 0 aliphatic rings. The third kappa shape index (κ3) is 13.3. The molecule has 0 saturated carbocycles. The summed E-state index contributed by atoms with van der Waals surface area (Å²) in [7, 11) is 0. The standard InChI is InChI=1S/C14H28N2O4.2H2/c1-4-13(17)15-5-7-19-9-10-20-8-6-16-14(18)11-12(2)3;;/h12H,4-11H2,1-3H3,(H,15,17)(H,16,18);2*1H. The quantitative estimate of drug-likeness (QED) is 0.530. The van der Waals surface area contributed by atoms with Crippen LogP contribution in [0.3, 0.4) is 0 Å². The van der Waals surface area contributed by atoms with Gasteiger partial charge in [0.15, 0.2) is 0 Å². The van der Waals surface area contributed by atoms with Crippen molar-refractivity contribution in [3.05, 3.63) is 0 Å². The maximum absolute atomic E-state index is 11.3. The highest BCUT2D eigenvalue weighted by Crippen LogP contribution is 1.97. The molecule has 2 N–H and O–H groups in total. The molecule has 6 nitrogen and oxygen atoms in total. The number of hydrogen-bond donors (Lipinski definition) is 2. The Morgan fingerprint density at radius 1 is 0.950 bits per heavy atom. The Labute approximate surface area is 124 Å². The van der Waals surface area contributed by atoms with E-state index in [1.165, 1.54) is 0 Å². The molecule has 0 aromatic heterocycles. The fourth-order valence-electron chi connectivity index (χ4n) is 1.42. The van der Waals surface area contributed by atoms with Gasteiger partial charge in [-0.2, -0.15) is 0 Å². The van der Waals surface area contributed by atoms with E-state index in [1.807, 2.05) is 20.8 Å². The summed E-state index contributed by atoms with van der Waals surface area (Å²) in [5, 5.41) is 5.51. The van der Waals surface area contributed by atoms with Crippen molar-refractivity contribution in [3.63, 3.8) is 0 Å². The van der Waals surface area contributed by atoms with Crippen LogP contribution in [0, 0.1) is 5.92 Å². The third-order valence-electron chi connectivity index (χ3n) is 2.42. The van der Waals surface area contributed by atoms with Crippen LogP contribution >= 0.6 is 0 Å². The lowest BCUT2D eigenvalue weighted by atomic mass is 10.1. The number of carbonyl (C=O) groups excluding carboxylic acids is 2. The van der Waals surface area contributed by atoms with Gasteiger partial charge in [-0.25, -0.2) is 0 Å². The lowest BCUT2D eigenvalue weighted by Crippen LogP contribution is -2.28. The van der Waals surface area contributed by atoms with Gasteiger partial charge in [0, 0.05) is 28.8 Å². The van der Waals surface area contributed by atoms with Crippen molar-refractivity contribution in [2.24, 2.45) is 5.92 Å². The molecule has 0 aromatic carbocycles. The molecular weight excluding hydrogens is 260 g/mol. The van der Waals surface area contributed by atoms with Crippen LogP contribution < -0.4 is 10.6 Å². The smallest absolute Gasteiger partial charge is 0.220 e. The van der Waals surface area contributed by atoms with Gasteiger partial charge in [0.05, 0.1) is 26.4 Å². The van der Waals surface area contributed by atoms with Crippen molar-refractivity contribution in [2.45, 2.75) is 33.6 Å². The summed E-state index contributed by atoms with van der Waals surface area (Å²) >= 11 is 0.